The monoisotopic (exact) mass is 686 g/mol. The van der Waals surface area contributed by atoms with E-state index < -0.39 is 0 Å². The number of aryl methyl sites for hydroxylation is 3. The van der Waals surface area contributed by atoms with Gasteiger partial charge in [0.15, 0.2) is 11.5 Å². The Kier molecular flexibility index (Phi) is 15.2. The van der Waals surface area contributed by atoms with Gasteiger partial charge in [-0.2, -0.15) is 0 Å². The molecule has 5 aromatic carbocycles. The summed E-state index contributed by atoms with van der Waals surface area (Å²) in [6, 6.07) is 43.3. The van der Waals surface area contributed by atoms with Crippen molar-refractivity contribution in [3.63, 3.8) is 0 Å². The van der Waals surface area contributed by atoms with Gasteiger partial charge in [-0.25, -0.2) is 0 Å². The fourth-order valence-corrected chi connectivity index (χ4v) is 6.19. The number of phenolic OH excluding ortho intramolecular Hbond substituents is 1. The van der Waals surface area contributed by atoms with E-state index >= 15 is 0 Å². The van der Waals surface area contributed by atoms with Crippen LogP contribution in [0.1, 0.15) is 80.7 Å². The van der Waals surface area contributed by atoms with Gasteiger partial charge in [0.05, 0.1) is 19.8 Å². The van der Waals surface area contributed by atoms with Crippen LogP contribution in [0.3, 0.4) is 0 Å². The fraction of sp³-hybridized carbons (Fsp3) is 0.348. The summed E-state index contributed by atoms with van der Waals surface area (Å²) in [6.07, 6.45) is 8.14. The van der Waals surface area contributed by atoms with Gasteiger partial charge in [0.25, 0.3) is 0 Å². The Morgan fingerprint density at radius 1 is 0.471 bits per heavy atom. The Hall–Kier alpha value is -4.90. The third-order valence-electron chi connectivity index (χ3n) is 8.97. The van der Waals surface area contributed by atoms with E-state index in [-0.39, 0.29) is 23.5 Å². The summed E-state index contributed by atoms with van der Waals surface area (Å²) in [5.41, 5.74) is 4.97. The number of hydrogen-bond donors (Lipinski definition) is 1. The molecule has 5 heteroatoms. The predicted octanol–water partition coefficient (Wildman–Crippen LogP) is 11.4. The van der Waals surface area contributed by atoms with Crippen molar-refractivity contribution < 1.29 is 24.1 Å². The van der Waals surface area contributed by atoms with Crippen LogP contribution in [0.5, 0.6) is 28.7 Å². The predicted molar refractivity (Wildman–Crippen MR) is 207 cm³/mol. The minimum absolute atomic E-state index is 0.0217. The van der Waals surface area contributed by atoms with Gasteiger partial charge in [0, 0.05) is 6.07 Å². The van der Waals surface area contributed by atoms with Crippen LogP contribution in [0.15, 0.2) is 127 Å². The zero-order valence-corrected chi connectivity index (χ0v) is 30.3. The van der Waals surface area contributed by atoms with E-state index in [1.54, 1.807) is 6.07 Å². The van der Waals surface area contributed by atoms with E-state index in [4.69, 9.17) is 18.9 Å². The van der Waals surface area contributed by atoms with Gasteiger partial charge in [-0.15, -0.1) is 0 Å². The number of phenols is 1. The van der Waals surface area contributed by atoms with Crippen molar-refractivity contribution in [1.82, 2.24) is 0 Å². The Labute approximate surface area is 305 Å². The zero-order chi connectivity index (χ0) is 35.5. The Morgan fingerprint density at radius 2 is 0.882 bits per heavy atom. The first-order valence-corrected chi connectivity index (χ1v) is 18.7. The van der Waals surface area contributed by atoms with E-state index in [0.29, 0.717) is 37.1 Å². The summed E-state index contributed by atoms with van der Waals surface area (Å²) in [5, 5.41) is 11.6. The van der Waals surface area contributed by atoms with Gasteiger partial charge in [0.2, 0.25) is 17.2 Å². The van der Waals surface area contributed by atoms with Crippen LogP contribution in [0, 0.1) is 5.92 Å². The maximum Gasteiger partial charge on any atom is 0.211 e. The molecule has 0 aliphatic carbocycles. The maximum absolute atomic E-state index is 11.6. The fourth-order valence-electron chi connectivity index (χ4n) is 6.19. The van der Waals surface area contributed by atoms with Gasteiger partial charge in [-0.3, -0.25) is 0 Å². The first-order chi connectivity index (χ1) is 25.1. The van der Waals surface area contributed by atoms with Crippen molar-refractivity contribution >= 4 is 0 Å². The molecule has 0 aliphatic heterocycles. The molecule has 5 aromatic rings. The van der Waals surface area contributed by atoms with E-state index in [1.165, 1.54) is 16.7 Å². The van der Waals surface area contributed by atoms with Crippen LogP contribution in [0.25, 0.3) is 0 Å². The average Bonchev–Trinajstić information content (AvgIpc) is 3.16. The third-order valence-corrected chi connectivity index (χ3v) is 8.97. The molecule has 1 N–H and O–H groups in total. The third kappa shape index (κ3) is 12.1. The minimum Gasteiger partial charge on any atom is -0.504 e. The topological polar surface area (TPSA) is 57.2 Å². The molecule has 0 bridgehead atoms. The molecule has 0 saturated heterocycles. The molecular formula is C46H54O5. The molecule has 268 valence electrons. The number of hydrogen-bond acceptors (Lipinski definition) is 5. The summed E-state index contributed by atoms with van der Waals surface area (Å²) in [7, 11) is 0. The van der Waals surface area contributed by atoms with Crippen molar-refractivity contribution in [1.29, 1.82) is 0 Å². The maximum atomic E-state index is 11.6. The largest absolute Gasteiger partial charge is 0.504 e. The molecule has 0 aromatic heterocycles. The number of ether oxygens (including phenoxy) is 4. The van der Waals surface area contributed by atoms with Gasteiger partial charge in [-0.1, -0.05) is 135 Å². The van der Waals surface area contributed by atoms with Crippen molar-refractivity contribution in [3.05, 3.63) is 150 Å². The van der Waals surface area contributed by atoms with Gasteiger partial charge in [0.1, 0.15) is 6.10 Å². The molecule has 0 aliphatic rings. The molecule has 5 nitrogen and oxygen atoms in total. The number of aromatic hydroxyl groups is 1. The number of unbranched alkanes of at least 4 members (excludes halogenated alkanes) is 3. The van der Waals surface area contributed by atoms with Crippen molar-refractivity contribution in [2.24, 2.45) is 5.92 Å². The van der Waals surface area contributed by atoms with Gasteiger partial charge >= 0.3 is 0 Å². The van der Waals surface area contributed by atoms with Gasteiger partial charge < -0.3 is 24.1 Å². The Bertz CT molecular complexity index is 1670. The SMILES string of the molecule is CC(C)C(Oc1c(O)cc(OCCCCc2ccccc2)c(OCCCCc2ccccc2)c1OCCCCc1ccccc1)c1ccccc1. The van der Waals surface area contributed by atoms with E-state index in [0.717, 1.165) is 63.4 Å². The second-order valence-corrected chi connectivity index (χ2v) is 13.4. The van der Waals surface area contributed by atoms with Crippen LogP contribution in [-0.4, -0.2) is 24.9 Å². The minimum atomic E-state index is -0.305. The standard InChI is InChI=1S/C46H54O5/c1-36(2)43(40-30-13-6-14-31-40)51-44-41(47)35-42(48-32-18-15-27-37-21-7-3-8-22-37)45(49-33-19-16-28-38-23-9-4-10-24-38)46(44)50-34-20-17-29-39-25-11-5-12-26-39/h3-14,21-26,30-31,35-36,43,47H,15-20,27-29,32-34H2,1-2H3. The lowest BCUT2D eigenvalue weighted by atomic mass is 9.99. The highest BCUT2D eigenvalue weighted by atomic mass is 16.6. The molecule has 1 unspecified atom stereocenters. The molecule has 0 spiro atoms. The van der Waals surface area contributed by atoms with Crippen LogP contribution in [-0.2, 0) is 19.3 Å². The first-order valence-electron chi connectivity index (χ1n) is 18.7. The lowest BCUT2D eigenvalue weighted by molar-refractivity contribution is 0.136. The normalized spacial score (nSPS) is 11.7. The zero-order valence-electron chi connectivity index (χ0n) is 30.3. The van der Waals surface area contributed by atoms with Crippen molar-refractivity contribution in [2.45, 2.75) is 77.7 Å². The summed E-state index contributed by atoms with van der Waals surface area (Å²) < 4.78 is 26.2. The summed E-state index contributed by atoms with van der Waals surface area (Å²) >= 11 is 0. The lowest BCUT2D eigenvalue weighted by Crippen LogP contribution is -2.16. The summed E-state index contributed by atoms with van der Waals surface area (Å²) in [4.78, 5) is 0. The van der Waals surface area contributed by atoms with Crippen molar-refractivity contribution in [2.75, 3.05) is 19.8 Å². The Balaban J connectivity index is 1.36. The van der Waals surface area contributed by atoms with Crippen molar-refractivity contribution in [3.8, 4) is 28.7 Å². The molecule has 0 radical (unpaired) electrons. The highest BCUT2D eigenvalue weighted by Gasteiger charge is 2.28. The highest BCUT2D eigenvalue weighted by molar-refractivity contribution is 5.65. The second kappa shape index (κ2) is 20.7. The molecule has 1 atom stereocenters. The molecule has 0 amide bonds. The molecule has 0 fully saturated rings. The second-order valence-electron chi connectivity index (χ2n) is 13.4. The van der Waals surface area contributed by atoms with Crippen LogP contribution in [0.2, 0.25) is 0 Å². The molecule has 0 heterocycles. The molecule has 5 rings (SSSR count). The van der Waals surface area contributed by atoms with Crippen LogP contribution in [0.4, 0.5) is 0 Å². The van der Waals surface area contributed by atoms with E-state index in [2.05, 4.69) is 98.8 Å². The Morgan fingerprint density at radius 3 is 1.33 bits per heavy atom. The molecular weight excluding hydrogens is 633 g/mol. The summed E-state index contributed by atoms with van der Waals surface area (Å²) in [5.74, 6) is 1.77. The first kappa shape index (κ1) is 37.4. The van der Waals surface area contributed by atoms with E-state index in [9.17, 15) is 5.11 Å². The number of benzene rings is 5. The van der Waals surface area contributed by atoms with E-state index in [1.807, 2.05) is 36.4 Å². The smallest absolute Gasteiger partial charge is 0.211 e. The van der Waals surface area contributed by atoms with Crippen LogP contribution >= 0.6 is 0 Å². The lowest BCUT2D eigenvalue weighted by Gasteiger charge is -2.27. The number of rotatable bonds is 22. The van der Waals surface area contributed by atoms with Crippen LogP contribution < -0.4 is 18.9 Å². The summed E-state index contributed by atoms with van der Waals surface area (Å²) in [6.45, 7) is 5.67. The van der Waals surface area contributed by atoms with Gasteiger partial charge in [-0.05, 0) is 86.0 Å². The molecule has 51 heavy (non-hydrogen) atoms. The quantitative estimate of drug-likeness (QED) is 0.0735. The highest BCUT2D eigenvalue weighted by Crippen LogP contribution is 2.52. The molecule has 0 saturated carbocycles. The average molecular weight is 687 g/mol.